The molecule has 1 amide bonds. The highest BCUT2D eigenvalue weighted by Crippen LogP contribution is 2.34. The van der Waals surface area contributed by atoms with Crippen molar-refractivity contribution in [2.45, 2.75) is 18.3 Å². The Morgan fingerprint density at radius 2 is 1.82 bits per heavy atom. The fourth-order valence-corrected chi connectivity index (χ4v) is 4.01. The molecule has 168 valence electrons. The van der Waals surface area contributed by atoms with Crippen LogP contribution in [0.15, 0.2) is 76.8 Å². The summed E-state index contributed by atoms with van der Waals surface area (Å²) in [7, 11) is 0. The summed E-state index contributed by atoms with van der Waals surface area (Å²) in [5.74, 6) is -0.588. The molecule has 4 aromatic rings. The number of para-hydroxylation sites is 2. The number of nitrogens with zero attached hydrogens (tertiary/aromatic N) is 3. The Balaban J connectivity index is 1.66. The molecule has 0 saturated heterocycles. The molecule has 0 bridgehead atoms. The molecule has 0 aliphatic heterocycles. The lowest BCUT2D eigenvalue weighted by Crippen LogP contribution is -2.24. The van der Waals surface area contributed by atoms with E-state index in [-0.39, 0.29) is 22.2 Å². The van der Waals surface area contributed by atoms with Gasteiger partial charge in [0, 0.05) is 6.20 Å². The van der Waals surface area contributed by atoms with E-state index in [1.54, 1.807) is 42.6 Å². The average molecular weight is 470 g/mol. The number of amides is 1. The number of benzene rings is 2. The van der Waals surface area contributed by atoms with Crippen LogP contribution in [0.5, 0.6) is 0 Å². The highest BCUT2D eigenvalue weighted by atomic mass is 32.2. The van der Waals surface area contributed by atoms with Gasteiger partial charge < -0.3 is 5.32 Å². The van der Waals surface area contributed by atoms with Gasteiger partial charge in [-0.15, -0.1) is 0 Å². The van der Waals surface area contributed by atoms with E-state index in [9.17, 15) is 22.8 Å². The minimum absolute atomic E-state index is 0.205. The van der Waals surface area contributed by atoms with Crippen LogP contribution in [0.4, 0.5) is 18.9 Å². The second-order valence-corrected chi connectivity index (χ2v) is 8.07. The smallest absolute Gasteiger partial charge is 0.325 e. The number of nitrogens with one attached hydrogen (secondary N) is 1. The Morgan fingerprint density at radius 3 is 2.58 bits per heavy atom. The molecule has 0 saturated carbocycles. The van der Waals surface area contributed by atoms with E-state index >= 15 is 0 Å². The monoisotopic (exact) mass is 470 g/mol. The predicted octanol–water partition coefficient (Wildman–Crippen LogP) is 4.84. The van der Waals surface area contributed by atoms with Crippen LogP contribution < -0.4 is 10.9 Å². The molecule has 0 fully saturated rings. The summed E-state index contributed by atoms with van der Waals surface area (Å²) in [5, 5.41) is 2.88. The Labute approximate surface area is 190 Å². The van der Waals surface area contributed by atoms with Gasteiger partial charge in [-0.2, -0.15) is 13.2 Å². The summed E-state index contributed by atoms with van der Waals surface area (Å²) in [6.07, 6.45) is -3.05. The molecule has 2 aromatic carbocycles. The van der Waals surface area contributed by atoms with Crippen LogP contribution in [-0.2, 0) is 11.0 Å². The van der Waals surface area contributed by atoms with E-state index in [4.69, 9.17) is 0 Å². The standard InChI is InChI=1S/C23H17F3N4O2S/c1-14-10-11-27-19(12-14)30-21(32)15-6-2-4-8-17(15)29-22(30)33-13-20(31)28-18-9-5-3-7-16(18)23(24,25)26/h2-12H,13H2,1H3,(H,28,31). The topological polar surface area (TPSA) is 76.9 Å². The number of aryl methyl sites for hydroxylation is 1. The Bertz CT molecular complexity index is 1400. The summed E-state index contributed by atoms with van der Waals surface area (Å²) in [6, 6.07) is 15.0. The molecule has 0 atom stereocenters. The zero-order valence-corrected chi connectivity index (χ0v) is 18.1. The maximum absolute atomic E-state index is 13.2. The van der Waals surface area contributed by atoms with Crippen molar-refractivity contribution in [2.75, 3.05) is 11.1 Å². The van der Waals surface area contributed by atoms with Crippen LogP contribution in [0.25, 0.3) is 16.7 Å². The lowest BCUT2D eigenvalue weighted by atomic mass is 10.1. The van der Waals surface area contributed by atoms with Gasteiger partial charge in [0.2, 0.25) is 5.91 Å². The zero-order chi connectivity index (χ0) is 23.6. The number of hydrogen-bond acceptors (Lipinski definition) is 5. The third-order valence-corrected chi connectivity index (χ3v) is 5.65. The first-order valence-electron chi connectivity index (χ1n) is 9.78. The quantitative estimate of drug-likeness (QED) is 0.334. The summed E-state index contributed by atoms with van der Waals surface area (Å²) >= 11 is 0.936. The SMILES string of the molecule is Cc1ccnc(-n2c(SCC(=O)Nc3ccccc3C(F)(F)F)nc3ccccc3c2=O)c1. The first-order valence-corrected chi connectivity index (χ1v) is 10.8. The van der Waals surface area contributed by atoms with E-state index in [0.717, 1.165) is 23.4 Å². The molecule has 0 spiro atoms. The van der Waals surface area contributed by atoms with Crippen molar-refractivity contribution >= 4 is 34.3 Å². The van der Waals surface area contributed by atoms with Gasteiger partial charge in [0.25, 0.3) is 5.56 Å². The van der Waals surface area contributed by atoms with Crippen molar-refractivity contribution in [2.24, 2.45) is 0 Å². The van der Waals surface area contributed by atoms with E-state index < -0.39 is 17.6 Å². The molecule has 0 unspecified atom stereocenters. The summed E-state index contributed by atoms with van der Waals surface area (Å²) in [4.78, 5) is 34.4. The van der Waals surface area contributed by atoms with Gasteiger partial charge in [0.1, 0.15) is 5.82 Å². The highest BCUT2D eigenvalue weighted by molar-refractivity contribution is 7.99. The number of aromatic nitrogens is 3. The van der Waals surface area contributed by atoms with E-state index in [1.165, 1.54) is 22.8 Å². The number of rotatable bonds is 5. The minimum atomic E-state index is -4.60. The van der Waals surface area contributed by atoms with Crippen molar-refractivity contribution in [3.8, 4) is 5.82 Å². The normalized spacial score (nSPS) is 11.5. The maximum atomic E-state index is 13.2. The van der Waals surface area contributed by atoms with Crippen molar-refractivity contribution in [1.29, 1.82) is 0 Å². The molecule has 0 aliphatic carbocycles. The summed E-state index contributed by atoms with van der Waals surface area (Å²) in [5.41, 5.74) is -0.314. The van der Waals surface area contributed by atoms with Crippen LogP contribution in [0.2, 0.25) is 0 Å². The van der Waals surface area contributed by atoms with Crippen molar-refractivity contribution in [1.82, 2.24) is 14.5 Å². The second-order valence-electron chi connectivity index (χ2n) is 7.12. The van der Waals surface area contributed by atoms with Gasteiger partial charge in [-0.3, -0.25) is 9.59 Å². The molecule has 4 rings (SSSR count). The number of carbonyl (C=O) groups is 1. The number of pyridine rings is 1. The molecule has 33 heavy (non-hydrogen) atoms. The molecule has 6 nitrogen and oxygen atoms in total. The van der Waals surface area contributed by atoms with E-state index in [2.05, 4.69) is 15.3 Å². The fourth-order valence-electron chi connectivity index (χ4n) is 3.21. The fraction of sp³-hybridized carbons (Fsp3) is 0.130. The van der Waals surface area contributed by atoms with Gasteiger partial charge in [0.05, 0.1) is 27.9 Å². The van der Waals surface area contributed by atoms with Crippen LogP contribution in [-0.4, -0.2) is 26.2 Å². The van der Waals surface area contributed by atoms with Gasteiger partial charge in [0.15, 0.2) is 5.16 Å². The summed E-state index contributed by atoms with van der Waals surface area (Å²) < 4.78 is 40.9. The van der Waals surface area contributed by atoms with Crippen LogP contribution in [0.3, 0.4) is 0 Å². The lowest BCUT2D eigenvalue weighted by molar-refractivity contribution is -0.137. The number of hydrogen-bond donors (Lipinski definition) is 1. The number of thioether (sulfide) groups is 1. The van der Waals surface area contributed by atoms with Crippen LogP contribution >= 0.6 is 11.8 Å². The first kappa shape index (κ1) is 22.5. The minimum Gasteiger partial charge on any atom is -0.325 e. The van der Waals surface area contributed by atoms with Gasteiger partial charge in [-0.1, -0.05) is 36.0 Å². The third kappa shape index (κ3) is 4.90. The molecule has 10 heteroatoms. The van der Waals surface area contributed by atoms with Crippen molar-refractivity contribution < 1.29 is 18.0 Å². The summed E-state index contributed by atoms with van der Waals surface area (Å²) in [6.45, 7) is 1.85. The van der Waals surface area contributed by atoms with Gasteiger partial charge in [-0.25, -0.2) is 14.5 Å². The van der Waals surface area contributed by atoms with Gasteiger partial charge in [-0.05, 0) is 48.9 Å². The average Bonchev–Trinajstić information content (AvgIpc) is 2.77. The molecule has 1 N–H and O–H groups in total. The molecular weight excluding hydrogens is 453 g/mol. The first-order chi connectivity index (χ1) is 15.7. The van der Waals surface area contributed by atoms with E-state index in [1.807, 2.05) is 6.92 Å². The van der Waals surface area contributed by atoms with Crippen LogP contribution in [0.1, 0.15) is 11.1 Å². The molecule has 0 aliphatic rings. The number of anilines is 1. The Kier molecular flexibility index (Phi) is 6.19. The Morgan fingerprint density at radius 1 is 1.09 bits per heavy atom. The zero-order valence-electron chi connectivity index (χ0n) is 17.3. The second kappa shape index (κ2) is 9.07. The Hall–Kier alpha value is -3.66. The number of fused-ring (bicyclic) bond motifs is 1. The highest BCUT2D eigenvalue weighted by Gasteiger charge is 2.33. The lowest BCUT2D eigenvalue weighted by Gasteiger charge is -2.14. The predicted molar refractivity (Wildman–Crippen MR) is 121 cm³/mol. The maximum Gasteiger partial charge on any atom is 0.418 e. The van der Waals surface area contributed by atoms with Crippen LogP contribution in [0, 0.1) is 6.92 Å². The molecular formula is C23H17F3N4O2S. The third-order valence-electron chi connectivity index (χ3n) is 4.71. The van der Waals surface area contributed by atoms with Crippen molar-refractivity contribution in [3.05, 3.63) is 88.3 Å². The van der Waals surface area contributed by atoms with Crippen molar-refractivity contribution in [3.63, 3.8) is 0 Å². The number of carbonyl (C=O) groups excluding carboxylic acids is 1. The number of alkyl halides is 3. The molecule has 2 aromatic heterocycles. The molecule has 2 heterocycles. The largest absolute Gasteiger partial charge is 0.418 e. The van der Waals surface area contributed by atoms with E-state index in [0.29, 0.717) is 16.7 Å². The molecule has 0 radical (unpaired) electrons. The number of halogens is 3. The van der Waals surface area contributed by atoms with Gasteiger partial charge >= 0.3 is 6.18 Å².